The standard InChI is InChI=1S/C24H26N2O3S/c1-4-18-10-7-11-19(5-2)23(18)25-24(27)20-12-8-14-22(16-20)30(28,29)26-21-13-6-9-17(3)15-21/h6-16,26H,4-5H2,1-3H3,(H,25,27). The Morgan fingerprint density at radius 3 is 2.13 bits per heavy atom. The molecule has 0 saturated heterocycles. The molecule has 0 saturated carbocycles. The minimum atomic E-state index is -3.81. The van der Waals surface area contributed by atoms with Crippen molar-refractivity contribution in [1.29, 1.82) is 0 Å². The predicted molar refractivity (Wildman–Crippen MR) is 122 cm³/mol. The molecule has 0 aliphatic heterocycles. The molecule has 0 atom stereocenters. The molecule has 0 aliphatic rings. The predicted octanol–water partition coefficient (Wildman–Crippen LogP) is 5.17. The fourth-order valence-corrected chi connectivity index (χ4v) is 4.41. The van der Waals surface area contributed by atoms with Crippen LogP contribution in [-0.2, 0) is 22.9 Å². The molecule has 0 spiro atoms. The molecule has 3 aromatic rings. The van der Waals surface area contributed by atoms with Gasteiger partial charge in [0.05, 0.1) is 4.90 Å². The Labute approximate surface area is 178 Å². The summed E-state index contributed by atoms with van der Waals surface area (Å²) < 4.78 is 28.2. The molecule has 3 rings (SSSR count). The highest BCUT2D eigenvalue weighted by atomic mass is 32.2. The maximum Gasteiger partial charge on any atom is 0.261 e. The van der Waals surface area contributed by atoms with E-state index in [0.717, 1.165) is 35.2 Å². The first-order chi connectivity index (χ1) is 14.3. The normalized spacial score (nSPS) is 11.2. The SMILES string of the molecule is CCc1cccc(CC)c1NC(=O)c1cccc(S(=O)(=O)Nc2cccc(C)c2)c1. The molecule has 1 amide bonds. The molecule has 0 unspecified atom stereocenters. The van der Waals surface area contributed by atoms with Gasteiger partial charge in [-0.2, -0.15) is 0 Å². The molecule has 6 heteroatoms. The number of aryl methyl sites for hydroxylation is 3. The number of sulfonamides is 1. The van der Waals surface area contributed by atoms with Gasteiger partial charge in [-0.1, -0.05) is 50.2 Å². The molecular weight excluding hydrogens is 396 g/mol. The smallest absolute Gasteiger partial charge is 0.261 e. The van der Waals surface area contributed by atoms with Crippen LogP contribution in [-0.4, -0.2) is 14.3 Å². The zero-order valence-electron chi connectivity index (χ0n) is 17.4. The molecule has 30 heavy (non-hydrogen) atoms. The monoisotopic (exact) mass is 422 g/mol. The highest BCUT2D eigenvalue weighted by Crippen LogP contribution is 2.24. The van der Waals surface area contributed by atoms with Crippen molar-refractivity contribution in [3.8, 4) is 0 Å². The first kappa shape index (κ1) is 21.6. The highest BCUT2D eigenvalue weighted by molar-refractivity contribution is 7.92. The van der Waals surface area contributed by atoms with E-state index < -0.39 is 10.0 Å². The lowest BCUT2D eigenvalue weighted by Gasteiger charge is -2.15. The van der Waals surface area contributed by atoms with E-state index in [1.165, 1.54) is 12.1 Å². The van der Waals surface area contributed by atoms with Crippen molar-refractivity contribution >= 4 is 27.3 Å². The lowest BCUT2D eigenvalue weighted by Crippen LogP contribution is -2.17. The molecule has 0 aromatic heterocycles. The first-order valence-corrected chi connectivity index (χ1v) is 11.4. The van der Waals surface area contributed by atoms with E-state index in [1.54, 1.807) is 30.3 Å². The maximum absolute atomic E-state index is 12.9. The number of hydrogen-bond acceptors (Lipinski definition) is 3. The lowest BCUT2D eigenvalue weighted by atomic mass is 10.0. The number of rotatable bonds is 7. The number of amides is 1. The minimum Gasteiger partial charge on any atom is -0.321 e. The van der Waals surface area contributed by atoms with Gasteiger partial charge < -0.3 is 5.32 Å². The topological polar surface area (TPSA) is 75.3 Å². The zero-order chi connectivity index (χ0) is 21.7. The average molecular weight is 423 g/mol. The van der Waals surface area contributed by atoms with E-state index in [1.807, 2.05) is 45.0 Å². The van der Waals surface area contributed by atoms with Crippen molar-refractivity contribution in [3.05, 3.63) is 89.0 Å². The van der Waals surface area contributed by atoms with Gasteiger partial charge >= 0.3 is 0 Å². The van der Waals surface area contributed by atoms with E-state index in [9.17, 15) is 13.2 Å². The van der Waals surface area contributed by atoms with Crippen molar-refractivity contribution in [2.24, 2.45) is 0 Å². The van der Waals surface area contributed by atoms with Crippen LogP contribution in [0.25, 0.3) is 0 Å². The van der Waals surface area contributed by atoms with Crippen LogP contribution in [0.5, 0.6) is 0 Å². The van der Waals surface area contributed by atoms with Crippen LogP contribution in [0.1, 0.15) is 40.9 Å². The van der Waals surface area contributed by atoms with E-state index >= 15 is 0 Å². The van der Waals surface area contributed by atoms with E-state index in [2.05, 4.69) is 10.0 Å². The third kappa shape index (κ3) is 4.89. The number of benzene rings is 3. The summed E-state index contributed by atoms with van der Waals surface area (Å²) in [6.45, 7) is 5.96. The summed E-state index contributed by atoms with van der Waals surface area (Å²) in [5.74, 6) is -0.335. The third-order valence-corrected chi connectivity index (χ3v) is 6.29. The van der Waals surface area contributed by atoms with E-state index in [0.29, 0.717) is 5.69 Å². The van der Waals surface area contributed by atoms with Crippen molar-refractivity contribution in [1.82, 2.24) is 0 Å². The number of nitrogens with one attached hydrogen (secondary N) is 2. The van der Waals surface area contributed by atoms with Gasteiger partial charge in [-0.25, -0.2) is 8.42 Å². The van der Waals surface area contributed by atoms with E-state index in [-0.39, 0.29) is 16.4 Å². The second-order valence-corrected chi connectivity index (χ2v) is 8.80. The van der Waals surface area contributed by atoms with Crippen LogP contribution in [0, 0.1) is 6.92 Å². The molecule has 0 fully saturated rings. The quantitative estimate of drug-likeness (QED) is 0.551. The molecule has 156 valence electrons. The van der Waals surface area contributed by atoms with Crippen LogP contribution in [0.15, 0.2) is 71.6 Å². The third-order valence-electron chi connectivity index (χ3n) is 4.91. The second-order valence-electron chi connectivity index (χ2n) is 7.12. The Balaban J connectivity index is 1.87. The Kier molecular flexibility index (Phi) is 6.57. The van der Waals surface area contributed by atoms with Gasteiger partial charge in [0, 0.05) is 16.9 Å². The van der Waals surface area contributed by atoms with Gasteiger partial charge in [0.1, 0.15) is 0 Å². The molecule has 0 bridgehead atoms. The largest absolute Gasteiger partial charge is 0.321 e. The molecular formula is C24H26N2O3S. The van der Waals surface area contributed by atoms with Gasteiger partial charge in [-0.05, 0) is 66.8 Å². The number of carbonyl (C=O) groups excluding carboxylic acids is 1. The molecule has 0 aliphatic carbocycles. The number of carbonyl (C=O) groups is 1. The van der Waals surface area contributed by atoms with Gasteiger partial charge in [-0.3, -0.25) is 9.52 Å². The summed E-state index contributed by atoms with van der Waals surface area (Å²) in [6.07, 6.45) is 1.58. The zero-order valence-corrected chi connectivity index (χ0v) is 18.2. The second kappa shape index (κ2) is 9.13. The summed E-state index contributed by atoms with van der Waals surface area (Å²) in [6, 6.07) is 19.1. The summed E-state index contributed by atoms with van der Waals surface area (Å²) >= 11 is 0. The highest BCUT2D eigenvalue weighted by Gasteiger charge is 2.18. The fraction of sp³-hybridized carbons (Fsp3) is 0.208. The Hall–Kier alpha value is -3.12. The summed E-state index contributed by atoms with van der Waals surface area (Å²) in [7, 11) is -3.81. The molecule has 0 radical (unpaired) electrons. The average Bonchev–Trinajstić information content (AvgIpc) is 2.73. The van der Waals surface area contributed by atoms with Crippen molar-refractivity contribution in [2.75, 3.05) is 10.0 Å². The van der Waals surface area contributed by atoms with Crippen LogP contribution >= 0.6 is 0 Å². The van der Waals surface area contributed by atoms with Gasteiger partial charge in [-0.15, -0.1) is 0 Å². The number of anilines is 2. The van der Waals surface area contributed by atoms with Crippen LogP contribution in [0.4, 0.5) is 11.4 Å². The summed E-state index contributed by atoms with van der Waals surface area (Å²) in [4.78, 5) is 12.9. The van der Waals surface area contributed by atoms with Crippen LogP contribution < -0.4 is 10.0 Å². The Bertz CT molecular complexity index is 1150. The number of para-hydroxylation sites is 1. The molecule has 2 N–H and O–H groups in total. The summed E-state index contributed by atoms with van der Waals surface area (Å²) in [5.41, 5.74) is 4.62. The molecule has 5 nitrogen and oxygen atoms in total. The van der Waals surface area contributed by atoms with Gasteiger partial charge in [0.25, 0.3) is 15.9 Å². The van der Waals surface area contributed by atoms with Crippen molar-refractivity contribution < 1.29 is 13.2 Å². The first-order valence-electron chi connectivity index (χ1n) is 9.95. The Morgan fingerprint density at radius 2 is 1.50 bits per heavy atom. The van der Waals surface area contributed by atoms with E-state index in [4.69, 9.17) is 0 Å². The van der Waals surface area contributed by atoms with Crippen LogP contribution in [0.3, 0.4) is 0 Å². The molecule has 3 aromatic carbocycles. The van der Waals surface area contributed by atoms with Gasteiger partial charge in [0.15, 0.2) is 0 Å². The minimum absolute atomic E-state index is 0.0381. The Morgan fingerprint density at radius 1 is 0.867 bits per heavy atom. The maximum atomic E-state index is 12.9. The van der Waals surface area contributed by atoms with Crippen molar-refractivity contribution in [2.45, 2.75) is 38.5 Å². The lowest BCUT2D eigenvalue weighted by molar-refractivity contribution is 0.102. The molecule has 0 heterocycles. The van der Waals surface area contributed by atoms with Gasteiger partial charge in [0.2, 0.25) is 0 Å². The van der Waals surface area contributed by atoms with Crippen molar-refractivity contribution in [3.63, 3.8) is 0 Å². The number of hydrogen-bond donors (Lipinski definition) is 2. The summed E-state index contributed by atoms with van der Waals surface area (Å²) in [5, 5.41) is 2.98. The van der Waals surface area contributed by atoms with Crippen LogP contribution in [0.2, 0.25) is 0 Å². The fourth-order valence-electron chi connectivity index (χ4n) is 3.32.